The van der Waals surface area contributed by atoms with Gasteiger partial charge < -0.3 is 9.30 Å². The average Bonchev–Trinajstić information content (AvgIpc) is 2.79. The Bertz CT molecular complexity index is 661. The molecule has 0 amide bonds. The van der Waals surface area contributed by atoms with Crippen LogP contribution in [-0.2, 0) is 7.05 Å². The second-order valence-electron chi connectivity index (χ2n) is 4.57. The van der Waals surface area contributed by atoms with E-state index in [9.17, 15) is 0 Å². The Hall–Kier alpha value is -1.88. The highest BCUT2D eigenvalue weighted by molar-refractivity contribution is 7.07. The molecule has 5 heteroatoms. The van der Waals surface area contributed by atoms with Gasteiger partial charge in [-0.3, -0.25) is 0 Å². The molecule has 0 N–H and O–H groups in total. The van der Waals surface area contributed by atoms with Crippen molar-refractivity contribution in [3.63, 3.8) is 0 Å². The minimum atomic E-state index is 0.684. The van der Waals surface area contributed by atoms with Crippen molar-refractivity contribution in [2.75, 3.05) is 6.61 Å². The van der Waals surface area contributed by atoms with E-state index in [0.717, 1.165) is 27.5 Å². The second-order valence-corrected chi connectivity index (χ2v) is 5.40. The number of thiazole rings is 1. The maximum Gasteiger partial charge on any atom is 0.210 e. The topological polar surface area (TPSA) is 38.9 Å². The van der Waals surface area contributed by atoms with Crippen LogP contribution < -0.4 is 9.54 Å². The van der Waals surface area contributed by atoms with Crippen molar-refractivity contribution >= 4 is 17.0 Å². The molecule has 0 bridgehead atoms. The highest BCUT2D eigenvalue weighted by Crippen LogP contribution is 2.22. The zero-order valence-corrected chi connectivity index (χ0v) is 13.1. The molecule has 4 nitrogen and oxygen atoms in total. The molecule has 0 radical (unpaired) electrons. The fourth-order valence-electron chi connectivity index (χ4n) is 1.75. The third-order valence-corrected chi connectivity index (χ3v) is 3.63. The minimum absolute atomic E-state index is 0.684. The zero-order valence-electron chi connectivity index (χ0n) is 12.3. The molecule has 0 aliphatic carbocycles. The van der Waals surface area contributed by atoms with Crippen molar-refractivity contribution in [3.8, 4) is 17.0 Å². The SMILES string of the molecule is CCOc1ccc(-c2cs/c(=N\N=C(C)C)n2C)cc1. The van der Waals surface area contributed by atoms with Crippen LogP contribution in [0.2, 0.25) is 0 Å². The summed E-state index contributed by atoms with van der Waals surface area (Å²) in [4.78, 5) is 0.884. The molecule has 20 heavy (non-hydrogen) atoms. The summed E-state index contributed by atoms with van der Waals surface area (Å²) in [6.07, 6.45) is 0. The van der Waals surface area contributed by atoms with Crippen LogP contribution in [0.1, 0.15) is 20.8 Å². The molecule has 0 aliphatic heterocycles. The van der Waals surface area contributed by atoms with Crippen molar-refractivity contribution in [2.45, 2.75) is 20.8 Å². The maximum atomic E-state index is 5.46. The summed E-state index contributed by atoms with van der Waals surface area (Å²) in [6.45, 7) is 6.54. The molecule has 0 unspecified atom stereocenters. The van der Waals surface area contributed by atoms with Crippen LogP contribution in [0.5, 0.6) is 5.75 Å². The minimum Gasteiger partial charge on any atom is -0.494 e. The van der Waals surface area contributed by atoms with Crippen LogP contribution in [0.15, 0.2) is 39.8 Å². The molecule has 1 aromatic heterocycles. The number of nitrogens with zero attached hydrogens (tertiary/aromatic N) is 3. The predicted molar refractivity (Wildman–Crippen MR) is 84.2 cm³/mol. The predicted octanol–water partition coefficient (Wildman–Crippen LogP) is 3.45. The van der Waals surface area contributed by atoms with Crippen molar-refractivity contribution in [1.29, 1.82) is 0 Å². The van der Waals surface area contributed by atoms with Gasteiger partial charge in [0.15, 0.2) is 0 Å². The zero-order chi connectivity index (χ0) is 14.5. The molecule has 2 aromatic rings. The van der Waals surface area contributed by atoms with Gasteiger partial charge in [0.2, 0.25) is 4.80 Å². The molecule has 1 heterocycles. The summed E-state index contributed by atoms with van der Waals surface area (Å²) in [5.41, 5.74) is 3.22. The van der Waals surface area contributed by atoms with E-state index in [1.807, 2.05) is 44.5 Å². The highest BCUT2D eigenvalue weighted by atomic mass is 32.1. The summed E-state index contributed by atoms with van der Waals surface area (Å²) < 4.78 is 7.51. The number of hydrogen-bond acceptors (Lipinski definition) is 4. The molecule has 0 fully saturated rings. The van der Waals surface area contributed by atoms with E-state index < -0.39 is 0 Å². The van der Waals surface area contributed by atoms with Crippen molar-refractivity contribution < 1.29 is 4.74 Å². The fourth-order valence-corrected chi connectivity index (χ4v) is 2.61. The molecule has 0 saturated carbocycles. The van der Waals surface area contributed by atoms with Gasteiger partial charge in [0.25, 0.3) is 0 Å². The van der Waals surface area contributed by atoms with Gasteiger partial charge in [-0.05, 0) is 50.6 Å². The van der Waals surface area contributed by atoms with Gasteiger partial charge in [-0.1, -0.05) is 0 Å². The van der Waals surface area contributed by atoms with Crippen LogP contribution in [0.3, 0.4) is 0 Å². The van der Waals surface area contributed by atoms with E-state index in [1.165, 1.54) is 0 Å². The summed E-state index contributed by atoms with van der Waals surface area (Å²) in [6, 6.07) is 8.10. The van der Waals surface area contributed by atoms with Gasteiger partial charge >= 0.3 is 0 Å². The third kappa shape index (κ3) is 3.36. The molecule has 1 aromatic carbocycles. The Morgan fingerprint density at radius 2 is 1.95 bits per heavy atom. The Balaban J connectivity index is 2.34. The molecule has 0 atom stereocenters. The van der Waals surface area contributed by atoms with Gasteiger partial charge in [-0.15, -0.1) is 16.4 Å². The first-order chi connectivity index (χ1) is 9.61. The molecule has 2 rings (SSSR count). The van der Waals surface area contributed by atoms with Crippen LogP contribution in [-0.4, -0.2) is 16.9 Å². The van der Waals surface area contributed by atoms with E-state index in [0.29, 0.717) is 6.61 Å². The Morgan fingerprint density at radius 3 is 2.55 bits per heavy atom. The molecular weight excluding hydrogens is 270 g/mol. The van der Waals surface area contributed by atoms with Crippen LogP contribution in [0.25, 0.3) is 11.3 Å². The van der Waals surface area contributed by atoms with E-state index in [2.05, 4.69) is 27.7 Å². The van der Waals surface area contributed by atoms with Crippen LogP contribution in [0.4, 0.5) is 0 Å². The van der Waals surface area contributed by atoms with Crippen LogP contribution >= 0.6 is 11.3 Å². The standard InChI is InChI=1S/C15H19N3OS/c1-5-19-13-8-6-12(7-9-13)14-10-20-15(18(14)4)17-16-11(2)3/h6-10H,5H2,1-4H3/b17-15-. The molecule has 106 valence electrons. The quantitative estimate of drug-likeness (QED) is 0.627. The van der Waals surface area contributed by atoms with Crippen molar-refractivity contribution in [1.82, 2.24) is 4.57 Å². The number of aromatic nitrogens is 1. The summed E-state index contributed by atoms with van der Waals surface area (Å²) in [7, 11) is 2.00. The van der Waals surface area contributed by atoms with E-state index in [4.69, 9.17) is 4.74 Å². The molecule has 0 spiro atoms. The maximum absolute atomic E-state index is 5.46. The van der Waals surface area contributed by atoms with Crippen molar-refractivity contribution in [2.24, 2.45) is 17.3 Å². The summed E-state index contributed by atoms with van der Waals surface area (Å²) in [5, 5.41) is 10.4. The average molecular weight is 289 g/mol. The van der Waals surface area contributed by atoms with E-state index in [-0.39, 0.29) is 0 Å². The fraction of sp³-hybridized carbons (Fsp3) is 0.333. The normalized spacial score (nSPS) is 11.5. The Labute approximate surface area is 123 Å². The smallest absolute Gasteiger partial charge is 0.210 e. The van der Waals surface area contributed by atoms with Gasteiger partial charge in [0.1, 0.15) is 5.75 Å². The lowest BCUT2D eigenvalue weighted by Crippen LogP contribution is -2.10. The number of benzene rings is 1. The lowest BCUT2D eigenvalue weighted by molar-refractivity contribution is 0.340. The second kappa shape index (κ2) is 6.52. The Morgan fingerprint density at radius 1 is 1.25 bits per heavy atom. The molecule has 0 saturated heterocycles. The Kier molecular flexibility index (Phi) is 4.74. The van der Waals surface area contributed by atoms with Gasteiger partial charge in [-0.2, -0.15) is 5.10 Å². The van der Waals surface area contributed by atoms with E-state index >= 15 is 0 Å². The number of hydrogen-bond donors (Lipinski definition) is 0. The first-order valence-corrected chi connectivity index (χ1v) is 7.42. The third-order valence-electron chi connectivity index (χ3n) is 2.72. The van der Waals surface area contributed by atoms with Gasteiger partial charge in [-0.25, -0.2) is 0 Å². The van der Waals surface area contributed by atoms with Crippen molar-refractivity contribution in [3.05, 3.63) is 34.4 Å². The first kappa shape index (κ1) is 14.5. The number of rotatable bonds is 4. The van der Waals surface area contributed by atoms with E-state index in [1.54, 1.807) is 11.3 Å². The first-order valence-electron chi connectivity index (χ1n) is 6.54. The lowest BCUT2D eigenvalue weighted by Gasteiger charge is -2.05. The lowest BCUT2D eigenvalue weighted by atomic mass is 10.1. The number of ether oxygens (including phenoxy) is 1. The van der Waals surface area contributed by atoms with Crippen LogP contribution in [0, 0.1) is 0 Å². The molecular formula is C15H19N3OS. The highest BCUT2D eigenvalue weighted by Gasteiger charge is 2.04. The largest absolute Gasteiger partial charge is 0.494 e. The van der Waals surface area contributed by atoms with Gasteiger partial charge in [0, 0.05) is 18.1 Å². The summed E-state index contributed by atoms with van der Waals surface area (Å²) >= 11 is 1.59. The summed E-state index contributed by atoms with van der Waals surface area (Å²) in [5.74, 6) is 0.894. The monoisotopic (exact) mass is 289 g/mol. The van der Waals surface area contributed by atoms with Gasteiger partial charge in [0.05, 0.1) is 12.3 Å². The molecule has 0 aliphatic rings.